The van der Waals surface area contributed by atoms with E-state index < -0.39 is 0 Å². The van der Waals surface area contributed by atoms with Gasteiger partial charge in [-0.05, 0) is 29.7 Å². The first-order valence-electron chi connectivity index (χ1n) is 9.34. The summed E-state index contributed by atoms with van der Waals surface area (Å²) in [6.07, 6.45) is 2.61. The zero-order valence-corrected chi connectivity index (χ0v) is 15.2. The van der Waals surface area contributed by atoms with Crippen molar-refractivity contribution in [2.75, 3.05) is 44.7 Å². The third-order valence-electron chi connectivity index (χ3n) is 5.09. The van der Waals surface area contributed by atoms with Gasteiger partial charge in [0.25, 0.3) is 0 Å². The number of morpholine rings is 1. The number of carbonyl (C=O) groups excluding carboxylic acids is 1. The summed E-state index contributed by atoms with van der Waals surface area (Å²) in [4.78, 5) is 16.6. The minimum atomic E-state index is -0.269. The maximum absolute atomic E-state index is 13.4. The van der Waals surface area contributed by atoms with Crippen molar-refractivity contribution in [2.24, 2.45) is 0 Å². The number of anilines is 1. The Hall–Kier alpha value is -2.45. The van der Waals surface area contributed by atoms with Gasteiger partial charge >= 0.3 is 6.03 Å². The molecule has 0 bridgehead atoms. The number of amides is 2. The number of fused-ring (bicyclic) bond motifs is 1. The number of benzene rings is 1. The number of hydrogen-bond donors (Lipinski definition) is 1. The van der Waals surface area contributed by atoms with Crippen molar-refractivity contribution >= 4 is 11.8 Å². The van der Waals surface area contributed by atoms with Gasteiger partial charge in [0.15, 0.2) is 5.82 Å². The van der Waals surface area contributed by atoms with Crippen LogP contribution in [0.3, 0.4) is 0 Å². The smallest absolute Gasteiger partial charge is 0.323 e. The molecule has 0 radical (unpaired) electrons. The Morgan fingerprint density at radius 1 is 1.15 bits per heavy atom. The number of nitrogens with zero attached hydrogens (tertiary/aromatic N) is 4. The first-order chi connectivity index (χ1) is 13.2. The molecular formula is C19H24FN5O2. The van der Waals surface area contributed by atoms with Crippen LogP contribution in [0.1, 0.15) is 11.1 Å². The normalized spacial score (nSPS) is 17.6. The molecule has 4 rings (SSSR count). The van der Waals surface area contributed by atoms with Crippen LogP contribution in [0.4, 0.5) is 15.0 Å². The van der Waals surface area contributed by atoms with Crippen molar-refractivity contribution in [1.29, 1.82) is 0 Å². The van der Waals surface area contributed by atoms with Gasteiger partial charge in [0, 0.05) is 45.0 Å². The summed E-state index contributed by atoms with van der Waals surface area (Å²) < 4.78 is 20.6. The molecule has 0 unspecified atom stereocenters. The van der Waals surface area contributed by atoms with Crippen molar-refractivity contribution in [3.05, 3.63) is 47.4 Å². The summed E-state index contributed by atoms with van der Waals surface area (Å²) >= 11 is 0. The van der Waals surface area contributed by atoms with Gasteiger partial charge in [-0.2, -0.15) is 5.10 Å². The Kier molecular flexibility index (Phi) is 5.35. The van der Waals surface area contributed by atoms with Crippen LogP contribution in [0.15, 0.2) is 30.5 Å². The number of urea groups is 1. The first-order valence-corrected chi connectivity index (χ1v) is 9.34. The number of rotatable bonds is 4. The molecule has 2 aliphatic rings. The molecule has 7 nitrogen and oxygen atoms in total. The highest BCUT2D eigenvalue weighted by atomic mass is 19.1. The molecule has 144 valence electrons. The standard InChI is InChI=1S/C19H24FN5O2/c20-17-2-1-15-3-5-24(14-16(15)13-17)19(26)21-18-4-6-25(22-18)8-7-23-9-11-27-12-10-23/h1-2,4,6,13H,3,5,7-12,14H2,(H,21,22,26). The van der Waals surface area contributed by atoms with E-state index in [-0.39, 0.29) is 11.8 Å². The number of ether oxygens (including phenoxy) is 1. The third kappa shape index (κ3) is 4.45. The second-order valence-corrected chi connectivity index (χ2v) is 6.93. The van der Waals surface area contributed by atoms with E-state index in [2.05, 4.69) is 15.3 Å². The van der Waals surface area contributed by atoms with Crippen LogP contribution in [0.25, 0.3) is 0 Å². The molecule has 1 N–H and O–H groups in total. The van der Waals surface area contributed by atoms with Crippen molar-refractivity contribution < 1.29 is 13.9 Å². The lowest BCUT2D eigenvalue weighted by Gasteiger charge is -2.28. The summed E-state index contributed by atoms with van der Waals surface area (Å²) in [5.74, 6) is 0.266. The number of carbonyl (C=O) groups is 1. The van der Waals surface area contributed by atoms with E-state index in [0.717, 1.165) is 56.9 Å². The summed E-state index contributed by atoms with van der Waals surface area (Å²) in [7, 11) is 0. The lowest BCUT2D eigenvalue weighted by Crippen LogP contribution is -2.39. The second-order valence-electron chi connectivity index (χ2n) is 6.93. The van der Waals surface area contributed by atoms with Gasteiger partial charge in [0.05, 0.1) is 19.8 Å². The molecule has 2 aromatic rings. The van der Waals surface area contributed by atoms with Crippen molar-refractivity contribution in [3.63, 3.8) is 0 Å². The van der Waals surface area contributed by atoms with E-state index in [1.165, 1.54) is 12.1 Å². The summed E-state index contributed by atoms with van der Waals surface area (Å²) in [5.41, 5.74) is 1.97. The van der Waals surface area contributed by atoms with Gasteiger partial charge < -0.3 is 9.64 Å². The van der Waals surface area contributed by atoms with Crippen LogP contribution >= 0.6 is 0 Å². The minimum absolute atomic E-state index is 0.205. The highest BCUT2D eigenvalue weighted by molar-refractivity contribution is 5.88. The fraction of sp³-hybridized carbons (Fsp3) is 0.474. The van der Waals surface area contributed by atoms with Crippen LogP contribution in [0.2, 0.25) is 0 Å². The Balaban J connectivity index is 1.30. The van der Waals surface area contributed by atoms with Gasteiger partial charge in [-0.15, -0.1) is 0 Å². The summed E-state index contributed by atoms with van der Waals surface area (Å²) in [6, 6.07) is 6.38. The molecule has 0 atom stereocenters. The lowest BCUT2D eigenvalue weighted by molar-refractivity contribution is 0.0360. The monoisotopic (exact) mass is 373 g/mol. The third-order valence-corrected chi connectivity index (χ3v) is 5.09. The minimum Gasteiger partial charge on any atom is -0.379 e. The van der Waals surface area contributed by atoms with Gasteiger partial charge in [-0.3, -0.25) is 14.9 Å². The highest BCUT2D eigenvalue weighted by Crippen LogP contribution is 2.20. The Labute approximate surface area is 157 Å². The van der Waals surface area contributed by atoms with E-state index in [1.54, 1.807) is 17.0 Å². The van der Waals surface area contributed by atoms with E-state index in [1.807, 2.05) is 10.9 Å². The van der Waals surface area contributed by atoms with Crippen molar-refractivity contribution in [3.8, 4) is 0 Å². The SMILES string of the molecule is O=C(Nc1ccn(CCN2CCOCC2)n1)N1CCc2ccc(F)cc2C1. The molecule has 0 spiro atoms. The maximum atomic E-state index is 13.4. The number of halogens is 1. The molecule has 0 aliphatic carbocycles. The van der Waals surface area contributed by atoms with Crippen molar-refractivity contribution in [1.82, 2.24) is 19.6 Å². The average molecular weight is 373 g/mol. The van der Waals surface area contributed by atoms with Gasteiger partial charge in [0.2, 0.25) is 0 Å². The maximum Gasteiger partial charge on any atom is 0.323 e. The van der Waals surface area contributed by atoms with Crippen LogP contribution < -0.4 is 5.32 Å². The second kappa shape index (κ2) is 8.06. The zero-order valence-electron chi connectivity index (χ0n) is 15.2. The topological polar surface area (TPSA) is 62.6 Å². The number of aromatic nitrogens is 2. The molecule has 8 heteroatoms. The van der Waals surface area contributed by atoms with Crippen LogP contribution in [0, 0.1) is 5.82 Å². The molecule has 2 amide bonds. The van der Waals surface area contributed by atoms with E-state index >= 15 is 0 Å². The van der Waals surface area contributed by atoms with E-state index in [0.29, 0.717) is 18.9 Å². The fourth-order valence-electron chi connectivity index (χ4n) is 3.51. The van der Waals surface area contributed by atoms with E-state index in [9.17, 15) is 9.18 Å². The van der Waals surface area contributed by atoms with E-state index in [4.69, 9.17) is 4.74 Å². The average Bonchev–Trinajstić information content (AvgIpc) is 3.14. The molecule has 1 aromatic heterocycles. The van der Waals surface area contributed by atoms with Gasteiger partial charge in [-0.1, -0.05) is 6.07 Å². The van der Waals surface area contributed by atoms with Gasteiger partial charge in [0.1, 0.15) is 5.82 Å². The number of hydrogen-bond acceptors (Lipinski definition) is 4. The van der Waals surface area contributed by atoms with Crippen molar-refractivity contribution in [2.45, 2.75) is 19.5 Å². The molecular weight excluding hydrogens is 349 g/mol. The predicted molar refractivity (Wildman–Crippen MR) is 99.0 cm³/mol. The highest BCUT2D eigenvalue weighted by Gasteiger charge is 2.21. The molecule has 1 fully saturated rings. The molecule has 2 aliphatic heterocycles. The molecule has 0 saturated carbocycles. The van der Waals surface area contributed by atoms with Crippen LogP contribution in [0.5, 0.6) is 0 Å². The Bertz CT molecular complexity index is 803. The Morgan fingerprint density at radius 3 is 2.85 bits per heavy atom. The zero-order chi connectivity index (χ0) is 18.6. The van der Waals surface area contributed by atoms with Crippen LogP contribution in [-0.2, 0) is 24.2 Å². The van der Waals surface area contributed by atoms with Crippen LogP contribution in [-0.4, -0.2) is 65.0 Å². The first kappa shape index (κ1) is 17.9. The van der Waals surface area contributed by atoms with Gasteiger partial charge in [-0.25, -0.2) is 9.18 Å². The molecule has 1 aromatic carbocycles. The fourth-order valence-corrected chi connectivity index (χ4v) is 3.51. The molecule has 1 saturated heterocycles. The quantitative estimate of drug-likeness (QED) is 0.890. The summed E-state index contributed by atoms with van der Waals surface area (Å²) in [5, 5.41) is 7.27. The Morgan fingerprint density at radius 2 is 2.00 bits per heavy atom. The largest absolute Gasteiger partial charge is 0.379 e. The molecule has 27 heavy (non-hydrogen) atoms. The number of nitrogens with one attached hydrogen (secondary N) is 1. The predicted octanol–water partition coefficient (Wildman–Crippen LogP) is 1.94. The molecule has 3 heterocycles. The lowest BCUT2D eigenvalue weighted by atomic mass is 10.00. The summed E-state index contributed by atoms with van der Waals surface area (Å²) in [6.45, 7) is 6.16.